The molecule has 0 saturated heterocycles. The zero-order chi connectivity index (χ0) is 11.1. The van der Waals surface area contributed by atoms with Gasteiger partial charge in [-0.15, -0.1) is 0 Å². The number of aryl methyl sites for hydroxylation is 1. The molecule has 80 valence electrons. The summed E-state index contributed by atoms with van der Waals surface area (Å²) in [6, 6.07) is 5.79. The Hall–Kier alpha value is -1.68. The number of hydrogen-bond acceptors (Lipinski definition) is 3. The van der Waals surface area contributed by atoms with Crippen molar-refractivity contribution in [2.45, 2.75) is 13.3 Å². The van der Waals surface area contributed by atoms with Gasteiger partial charge in [0.05, 0.1) is 0 Å². The van der Waals surface area contributed by atoms with E-state index in [2.05, 4.69) is 15.0 Å². The van der Waals surface area contributed by atoms with Crippen LogP contribution in [-0.2, 0) is 6.42 Å². The van der Waals surface area contributed by atoms with E-state index in [1.54, 1.807) is 0 Å². The molecule has 3 aromatic rings. The summed E-state index contributed by atoms with van der Waals surface area (Å²) in [5, 5.41) is 0.422. The van der Waals surface area contributed by atoms with E-state index in [0.717, 1.165) is 23.5 Å². The van der Waals surface area contributed by atoms with Gasteiger partial charge in [-0.25, -0.2) is 15.0 Å². The summed E-state index contributed by atoms with van der Waals surface area (Å²) >= 11 is 6.09. The normalized spacial score (nSPS) is 11.4. The number of hydrogen-bond donors (Lipinski definition) is 0. The average molecular weight is 233 g/mol. The monoisotopic (exact) mass is 232 g/mol. The van der Waals surface area contributed by atoms with Gasteiger partial charge < -0.3 is 0 Å². The van der Waals surface area contributed by atoms with Crippen LogP contribution in [-0.4, -0.2) is 19.4 Å². The summed E-state index contributed by atoms with van der Waals surface area (Å²) in [6.45, 7) is 2.00. The van der Waals surface area contributed by atoms with Crippen LogP contribution in [0.1, 0.15) is 12.7 Å². The summed E-state index contributed by atoms with van der Waals surface area (Å²) < 4.78 is 1.92. The number of fused-ring (bicyclic) bond motifs is 3. The molecule has 3 aromatic heterocycles. The third-order valence-corrected chi connectivity index (χ3v) is 2.74. The Morgan fingerprint density at radius 3 is 2.94 bits per heavy atom. The lowest BCUT2D eigenvalue weighted by molar-refractivity contribution is 0.950. The standard InChI is InChI=1S/C11H9ClN4/c1-2-7-13-10(12)9-11(14-7)16-6-4-3-5-8(16)15-9/h3-6H,2H2,1H3. The van der Waals surface area contributed by atoms with Gasteiger partial charge in [0, 0.05) is 12.6 Å². The smallest absolute Gasteiger partial charge is 0.169 e. The van der Waals surface area contributed by atoms with Crippen molar-refractivity contribution in [1.82, 2.24) is 19.4 Å². The molecule has 4 nitrogen and oxygen atoms in total. The number of nitrogens with zero attached hydrogens (tertiary/aromatic N) is 4. The Bertz CT molecular complexity index is 674. The predicted molar refractivity (Wildman–Crippen MR) is 62.7 cm³/mol. The maximum absolute atomic E-state index is 6.09. The minimum atomic E-state index is 0.422. The summed E-state index contributed by atoms with van der Waals surface area (Å²) in [5.41, 5.74) is 2.26. The molecule has 0 saturated carbocycles. The van der Waals surface area contributed by atoms with Crippen LogP contribution >= 0.6 is 11.6 Å². The van der Waals surface area contributed by atoms with Crippen molar-refractivity contribution in [2.75, 3.05) is 0 Å². The molecule has 0 aliphatic heterocycles. The van der Waals surface area contributed by atoms with Crippen molar-refractivity contribution in [3.8, 4) is 0 Å². The van der Waals surface area contributed by atoms with Crippen LogP contribution in [0.15, 0.2) is 24.4 Å². The van der Waals surface area contributed by atoms with Gasteiger partial charge in [-0.1, -0.05) is 24.6 Å². The van der Waals surface area contributed by atoms with Gasteiger partial charge in [0.25, 0.3) is 0 Å². The summed E-state index contributed by atoms with van der Waals surface area (Å²) in [7, 11) is 0. The SMILES string of the molecule is CCc1nc(Cl)c2nc3ccccn3c2n1. The van der Waals surface area contributed by atoms with Crippen LogP contribution in [0, 0.1) is 0 Å². The van der Waals surface area contributed by atoms with Gasteiger partial charge >= 0.3 is 0 Å². The maximum atomic E-state index is 6.09. The average Bonchev–Trinajstić information content (AvgIpc) is 2.68. The van der Waals surface area contributed by atoms with Gasteiger partial charge in [0.15, 0.2) is 10.8 Å². The minimum Gasteiger partial charge on any atom is -0.284 e. The first-order valence-corrected chi connectivity index (χ1v) is 5.46. The summed E-state index contributed by atoms with van der Waals surface area (Å²) in [5.74, 6) is 0.739. The van der Waals surface area contributed by atoms with E-state index in [1.165, 1.54) is 0 Å². The van der Waals surface area contributed by atoms with E-state index in [0.29, 0.717) is 10.7 Å². The van der Waals surface area contributed by atoms with Crippen LogP contribution in [0.2, 0.25) is 5.15 Å². The van der Waals surface area contributed by atoms with E-state index in [9.17, 15) is 0 Å². The van der Waals surface area contributed by atoms with E-state index >= 15 is 0 Å². The molecular weight excluding hydrogens is 224 g/mol. The zero-order valence-electron chi connectivity index (χ0n) is 8.68. The molecular formula is C11H9ClN4. The molecule has 0 aliphatic rings. The molecule has 0 amide bonds. The van der Waals surface area contributed by atoms with Crippen molar-refractivity contribution < 1.29 is 0 Å². The van der Waals surface area contributed by atoms with Crippen LogP contribution in [0.3, 0.4) is 0 Å². The largest absolute Gasteiger partial charge is 0.284 e. The maximum Gasteiger partial charge on any atom is 0.169 e. The molecule has 5 heteroatoms. The first kappa shape index (κ1) is 9.54. The predicted octanol–water partition coefficient (Wildman–Crippen LogP) is 2.49. The fourth-order valence-corrected chi connectivity index (χ4v) is 1.92. The second kappa shape index (κ2) is 3.42. The van der Waals surface area contributed by atoms with Crippen LogP contribution in [0.5, 0.6) is 0 Å². The number of aromatic nitrogens is 4. The van der Waals surface area contributed by atoms with Gasteiger partial charge in [-0.3, -0.25) is 4.40 Å². The molecule has 0 aliphatic carbocycles. The summed E-state index contributed by atoms with van der Waals surface area (Å²) in [6.07, 6.45) is 2.68. The lowest BCUT2D eigenvalue weighted by Crippen LogP contribution is -1.95. The van der Waals surface area contributed by atoms with Crippen molar-refractivity contribution >= 4 is 28.4 Å². The molecule has 3 heterocycles. The lowest BCUT2D eigenvalue weighted by Gasteiger charge is -1.98. The molecule has 0 fully saturated rings. The Morgan fingerprint density at radius 2 is 2.12 bits per heavy atom. The Balaban J connectivity index is 2.51. The highest BCUT2D eigenvalue weighted by Gasteiger charge is 2.11. The molecule has 0 aromatic carbocycles. The first-order valence-electron chi connectivity index (χ1n) is 5.09. The quantitative estimate of drug-likeness (QED) is 0.606. The van der Waals surface area contributed by atoms with Crippen LogP contribution < -0.4 is 0 Å². The highest BCUT2D eigenvalue weighted by molar-refractivity contribution is 6.33. The van der Waals surface area contributed by atoms with E-state index in [-0.39, 0.29) is 0 Å². The number of rotatable bonds is 1. The second-order valence-corrected chi connectivity index (χ2v) is 3.86. The van der Waals surface area contributed by atoms with Crippen molar-refractivity contribution in [3.63, 3.8) is 0 Å². The topological polar surface area (TPSA) is 43.1 Å². The Kier molecular flexibility index (Phi) is 2.04. The molecule has 16 heavy (non-hydrogen) atoms. The number of pyridine rings is 1. The molecule has 0 radical (unpaired) electrons. The fourth-order valence-electron chi connectivity index (χ4n) is 1.70. The highest BCUT2D eigenvalue weighted by atomic mass is 35.5. The van der Waals surface area contributed by atoms with Crippen molar-refractivity contribution in [1.29, 1.82) is 0 Å². The third kappa shape index (κ3) is 1.27. The van der Waals surface area contributed by atoms with E-state index < -0.39 is 0 Å². The Morgan fingerprint density at radius 1 is 1.25 bits per heavy atom. The van der Waals surface area contributed by atoms with Crippen molar-refractivity contribution in [2.24, 2.45) is 0 Å². The van der Waals surface area contributed by atoms with Gasteiger partial charge in [0.2, 0.25) is 0 Å². The van der Waals surface area contributed by atoms with Gasteiger partial charge in [-0.05, 0) is 12.1 Å². The molecule has 0 N–H and O–H groups in total. The van der Waals surface area contributed by atoms with Gasteiger partial charge in [0.1, 0.15) is 17.0 Å². The first-order chi connectivity index (χ1) is 7.79. The lowest BCUT2D eigenvalue weighted by atomic mass is 10.4. The zero-order valence-corrected chi connectivity index (χ0v) is 9.44. The van der Waals surface area contributed by atoms with Gasteiger partial charge in [-0.2, -0.15) is 0 Å². The molecule has 0 unspecified atom stereocenters. The molecule has 0 atom stereocenters. The second-order valence-electron chi connectivity index (χ2n) is 3.50. The number of halogens is 1. The van der Waals surface area contributed by atoms with Crippen LogP contribution in [0.4, 0.5) is 0 Å². The Labute approximate surface area is 96.9 Å². The third-order valence-electron chi connectivity index (χ3n) is 2.48. The number of imidazole rings is 1. The minimum absolute atomic E-state index is 0.422. The molecule has 0 spiro atoms. The van der Waals surface area contributed by atoms with E-state index in [1.807, 2.05) is 35.7 Å². The van der Waals surface area contributed by atoms with Crippen molar-refractivity contribution in [3.05, 3.63) is 35.4 Å². The van der Waals surface area contributed by atoms with Crippen LogP contribution in [0.25, 0.3) is 16.8 Å². The fraction of sp³-hybridized carbons (Fsp3) is 0.182. The van der Waals surface area contributed by atoms with E-state index in [4.69, 9.17) is 11.6 Å². The summed E-state index contributed by atoms with van der Waals surface area (Å²) in [4.78, 5) is 13.0. The molecule has 3 rings (SSSR count). The molecule has 0 bridgehead atoms. The highest BCUT2D eigenvalue weighted by Crippen LogP contribution is 2.21.